The van der Waals surface area contributed by atoms with Crippen LogP contribution < -0.4 is 22.5 Å². The van der Waals surface area contributed by atoms with Crippen molar-refractivity contribution in [1.82, 2.24) is 0 Å². The van der Waals surface area contributed by atoms with Crippen LogP contribution >= 0.6 is 0 Å². The summed E-state index contributed by atoms with van der Waals surface area (Å²) in [4.78, 5) is 21.3. The molecule has 2 aromatic carbocycles. The summed E-state index contributed by atoms with van der Waals surface area (Å²) in [5, 5.41) is 10.8. The number of hydrogen-bond acceptors (Lipinski definition) is 7. The normalized spacial score (nSPS) is 9.48. The van der Waals surface area contributed by atoms with Gasteiger partial charge in [0.1, 0.15) is 0 Å². The van der Waals surface area contributed by atoms with E-state index in [9.17, 15) is 9.59 Å². The number of amides is 1. The van der Waals surface area contributed by atoms with E-state index in [-0.39, 0.29) is 5.76 Å². The summed E-state index contributed by atoms with van der Waals surface area (Å²) in [5.41, 5.74) is 19.1. The summed E-state index contributed by atoms with van der Waals surface area (Å²) < 4.78 is 9.54. The molecule has 1 heterocycles. The second-order valence-electron chi connectivity index (χ2n) is 6.89. The third-order valence-electron chi connectivity index (χ3n) is 4.06. The van der Waals surface area contributed by atoms with E-state index in [0.717, 1.165) is 24.2 Å². The maximum absolute atomic E-state index is 11.4. The van der Waals surface area contributed by atoms with Gasteiger partial charge in [-0.25, -0.2) is 9.59 Å². The molecule has 9 nitrogen and oxygen atoms in total. The largest absolute Gasteiger partial charge is 0.475 e. The number of unbranched alkanes of at least 4 members (excludes halogenated alkanes) is 3. The highest BCUT2D eigenvalue weighted by Crippen LogP contribution is 2.11. The molecule has 0 saturated heterocycles. The molecule has 3 rings (SSSR count). The first-order valence-electron chi connectivity index (χ1n) is 10.5. The lowest BCUT2D eigenvalue weighted by Gasteiger charge is -2.06. The molecule has 0 unspecified atom stereocenters. The van der Waals surface area contributed by atoms with Gasteiger partial charge in [0.15, 0.2) is 0 Å². The van der Waals surface area contributed by atoms with Crippen LogP contribution in [0.1, 0.15) is 43.2 Å². The first kappa shape index (κ1) is 26.9. The zero-order valence-corrected chi connectivity index (χ0v) is 18.7. The Balaban J connectivity index is 0.000000281. The summed E-state index contributed by atoms with van der Waals surface area (Å²) in [6.45, 7) is 2.62. The molecule has 8 N–H and O–H groups in total. The fourth-order valence-electron chi connectivity index (χ4n) is 2.31. The number of ether oxygens (including phenoxy) is 1. The van der Waals surface area contributed by atoms with Crippen molar-refractivity contribution in [2.75, 3.05) is 29.1 Å². The van der Waals surface area contributed by atoms with Crippen molar-refractivity contribution in [3.8, 4) is 0 Å². The predicted molar refractivity (Wildman–Crippen MR) is 131 cm³/mol. The van der Waals surface area contributed by atoms with E-state index in [1.54, 1.807) is 48.5 Å². The molecule has 3 aromatic rings. The number of aromatic carboxylic acids is 1. The Morgan fingerprint density at radius 2 is 1.42 bits per heavy atom. The van der Waals surface area contributed by atoms with Crippen LogP contribution in [-0.4, -0.2) is 23.8 Å². The van der Waals surface area contributed by atoms with Crippen molar-refractivity contribution < 1.29 is 23.8 Å². The number of nitrogen functional groups attached to an aromatic ring is 3. The molecule has 9 heteroatoms. The number of rotatable bonds is 7. The lowest BCUT2D eigenvalue weighted by atomic mass is 10.2. The van der Waals surface area contributed by atoms with Gasteiger partial charge in [-0.2, -0.15) is 0 Å². The molecule has 178 valence electrons. The van der Waals surface area contributed by atoms with Gasteiger partial charge in [0.2, 0.25) is 5.76 Å². The monoisotopic (exact) mass is 456 g/mol. The summed E-state index contributed by atoms with van der Waals surface area (Å²) in [5.74, 6) is -1.06. The fraction of sp³-hybridized carbons (Fsp3) is 0.250. The SMILES string of the molecule is CCCCCCOC(=O)Nc1ccc(N)cc1.Nc1ccc(N)cc1.O=C(O)c1ccco1. The average molecular weight is 457 g/mol. The highest BCUT2D eigenvalue weighted by Gasteiger charge is 2.02. The number of hydrogen-bond donors (Lipinski definition) is 5. The zero-order valence-electron chi connectivity index (χ0n) is 18.7. The number of carboxylic acid groups (broad SMARTS) is 1. The average Bonchev–Trinajstić information content (AvgIpc) is 3.34. The first-order valence-corrected chi connectivity index (χ1v) is 10.5. The van der Waals surface area contributed by atoms with Gasteiger partial charge in [0, 0.05) is 22.7 Å². The van der Waals surface area contributed by atoms with Gasteiger partial charge in [-0.3, -0.25) is 5.32 Å². The number of furan rings is 1. The van der Waals surface area contributed by atoms with Crippen LogP contribution in [0.4, 0.5) is 27.5 Å². The molecule has 0 fully saturated rings. The van der Waals surface area contributed by atoms with Crippen LogP contribution in [0.3, 0.4) is 0 Å². The molecule has 0 atom stereocenters. The Bertz CT molecular complexity index is 906. The Kier molecular flexibility index (Phi) is 12.7. The van der Waals surface area contributed by atoms with E-state index in [1.807, 2.05) is 0 Å². The minimum atomic E-state index is -1.03. The van der Waals surface area contributed by atoms with Gasteiger partial charge >= 0.3 is 12.1 Å². The predicted octanol–water partition coefficient (Wildman–Crippen LogP) is 5.23. The second kappa shape index (κ2) is 15.6. The maximum Gasteiger partial charge on any atom is 0.411 e. The molecule has 0 spiro atoms. The molecular formula is C24H32N4O5. The van der Waals surface area contributed by atoms with Crippen LogP contribution in [0.2, 0.25) is 0 Å². The third-order valence-corrected chi connectivity index (χ3v) is 4.06. The number of nitrogens with one attached hydrogen (secondary N) is 1. The van der Waals surface area contributed by atoms with E-state index in [0.29, 0.717) is 18.0 Å². The lowest BCUT2D eigenvalue weighted by Crippen LogP contribution is -2.14. The van der Waals surface area contributed by atoms with E-state index in [2.05, 4.69) is 16.7 Å². The zero-order chi connectivity index (χ0) is 24.5. The summed E-state index contributed by atoms with van der Waals surface area (Å²) in [7, 11) is 0. The number of carbonyl (C=O) groups excluding carboxylic acids is 1. The number of carbonyl (C=O) groups is 2. The van der Waals surface area contributed by atoms with Gasteiger partial charge in [0.05, 0.1) is 12.9 Å². The molecule has 0 bridgehead atoms. The fourth-order valence-corrected chi connectivity index (χ4v) is 2.31. The van der Waals surface area contributed by atoms with Crippen LogP contribution in [0, 0.1) is 0 Å². The molecule has 0 aliphatic carbocycles. The van der Waals surface area contributed by atoms with Crippen molar-refractivity contribution in [1.29, 1.82) is 0 Å². The van der Waals surface area contributed by atoms with Crippen molar-refractivity contribution in [3.05, 3.63) is 72.7 Å². The van der Waals surface area contributed by atoms with Crippen molar-refractivity contribution in [2.45, 2.75) is 32.6 Å². The first-order chi connectivity index (χ1) is 15.8. The van der Waals surface area contributed by atoms with Crippen molar-refractivity contribution in [2.24, 2.45) is 0 Å². The summed E-state index contributed by atoms with van der Waals surface area (Å²) in [6, 6.07) is 17.0. The van der Waals surface area contributed by atoms with Gasteiger partial charge in [0.25, 0.3) is 0 Å². The van der Waals surface area contributed by atoms with Gasteiger partial charge in [-0.15, -0.1) is 0 Å². The molecule has 1 aromatic heterocycles. The number of anilines is 4. The highest BCUT2D eigenvalue weighted by molar-refractivity contribution is 5.85. The molecule has 0 aliphatic heterocycles. The van der Waals surface area contributed by atoms with Gasteiger partial charge in [-0.05, 0) is 67.1 Å². The highest BCUT2D eigenvalue weighted by atomic mass is 16.5. The Morgan fingerprint density at radius 1 is 0.879 bits per heavy atom. The molecule has 0 radical (unpaired) electrons. The number of carboxylic acids is 1. The van der Waals surface area contributed by atoms with E-state index >= 15 is 0 Å². The summed E-state index contributed by atoms with van der Waals surface area (Å²) in [6.07, 6.45) is 5.30. The number of nitrogens with two attached hydrogens (primary N) is 3. The molecular weight excluding hydrogens is 424 g/mol. The van der Waals surface area contributed by atoms with Crippen molar-refractivity contribution in [3.63, 3.8) is 0 Å². The Morgan fingerprint density at radius 3 is 1.85 bits per heavy atom. The molecule has 0 saturated carbocycles. The van der Waals surface area contributed by atoms with Gasteiger partial charge < -0.3 is 31.5 Å². The maximum atomic E-state index is 11.4. The van der Waals surface area contributed by atoms with Crippen LogP contribution in [0.5, 0.6) is 0 Å². The quantitative estimate of drug-likeness (QED) is 0.238. The van der Waals surface area contributed by atoms with Crippen LogP contribution in [-0.2, 0) is 4.74 Å². The Labute approximate surface area is 193 Å². The van der Waals surface area contributed by atoms with E-state index in [4.69, 9.17) is 27.0 Å². The minimum absolute atomic E-state index is 0.0231. The summed E-state index contributed by atoms with van der Waals surface area (Å²) >= 11 is 0. The van der Waals surface area contributed by atoms with E-state index in [1.165, 1.54) is 31.2 Å². The van der Waals surface area contributed by atoms with E-state index < -0.39 is 12.1 Å². The molecule has 33 heavy (non-hydrogen) atoms. The van der Waals surface area contributed by atoms with Crippen LogP contribution in [0.15, 0.2) is 71.3 Å². The smallest absolute Gasteiger partial charge is 0.411 e. The molecule has 0 aliphatic rings. The number of benzene rings is 2. The van der Waals surface area contributed by atoms with Crippen LogP contribution in [0.25, 0.3) is 0 Å². The third kappa shape index (κ3) is 13.0. The standard InChI is InChI=1S/C13H20N2O2.C6H8N2.C5H4O3/c1-2-3-4-5-10-17-13(16)15-12-8-6-11(14)7-9-12;7-5-1-2-6(8)4-3-5;6-5(7)4-2-1-3-8-4/h6-9H,2-5,10,14H2,1H3,(H,15,16);1-4H,7-8H2;1-3H,(H,6,7). The van der Waals surface area contributed by atoms with Gasteiger partial charge in [-0.1, -0.05) is 26.2 Å². The lowest BCUT2D eigenvalue weighted by molar-refractivity contribution is 0.0662. The molecule has 1 amide bonds. The minimum Gasteiger partial charge on any atom is -0.475 e. The second-order valence-corrected chi connectivity index (χ2v) is 6.89. The van der Waals surface area contributed by atoms with Crippen molar-refractivity contribution >= 4 is 34.8 Å². The Hall–Kier alpha value is -4.14. The topological polar surface area (TPSA) is 167 Å².